The number of hydrogen-bond acceptors (Lipinski definition) is 3. The predicted molar refractivity (Wildman–Crippen MR) is 93.3 cm³/mol. The smallest absolute Gasteiger partial charge is 0.328 e. The second-order valence-electron chi connectivity index (χ2n) is 5.86. The maximum absolute atomic E-state index is 12.7. The average Bonchev–Trinajstić information content (AvgIpc) is 3.04. The number of unbranched alkanes of at least 4 members (excludes halogenated alkanes) is 3. The monoisotopic (exact) mass is 381 g/mol. The Morgan fingerprint density at radius 3 is 2.78 bits per heavy atom. The van der Waals surface area contributed by atoms with Crippen LogP contribution in [0.2, 0.25) is 0 Å². The summed E-state index contributed by atoms with van der Waals surface area (Å²) in [5, 5.41) is 0. The van der Waals surface area contributed by atoms with Gasteiger partial charge in [-0.2, -0.15) is 0 Å². The van der Waals surface area contributed by atoms with Crippen molar-refractivity contribution in [1.29, 1.82) is 0 Å². The number of amides is 1. The van der Waals surface area contributed by atoms with Crippen LogP contribution in [0.25, 0.3) is 0 Å². The van der Waals surface area contributed by atoms with Crippen molar-refractivity contribution < 1.29 is 14.3 Å². The molecule has 4 nitrogen and oxygen atoms in total. The van der Waals surface area contributed by atoms with Crippen molar-refractivity contribution in [2.45, 2.75) is 51.5 Å². The summed E-state index contributed by atoms with van der Waals surface area (Å²) in [6.45, 7) is 3.21. The van der Waals surface area contributed by atoms with E-state index in [1.165, 1.54) is 0 Å². The van der Waals surface area contributed by atoms with E-state index in [4.69, 9.17) is 4.74 Å². The standard InChI is InChI=1S/C18H24BrNO3/c1-2-3-4-7-13-23-18(22)16-11-8-12-20(16)17(21)14-9-5-6-10-15(14)19/h5-6,9-10,16H,2-4,7-8,11-13H2,1H3. The second-order valence-corrected chi connectivity index (χ2v) is 6.72. The first kappa shape index (κ1) is 18.0. The van der Waals surface area contributed by atoms with E-state index in [0.29, 0.717) is 25.1 Å². The van der Waals surface area contributed by atoms with E-state index in [-0.39, 0.29) is 11.9 Å². The Hall–Kier alpha value is -1.36. The number of likely N-dealkylation sites (tertiary alicyclic amines) is 1. The van der Waals surface area contributed by atoms with Gasteiger partial charge in [-0.05, 0) is 47.3 Å². The zero-order valence-electron chi connectivity index (χ0n) is 13.6. The van der Waals surface area contributed by atoms with Crippen LogP contribution in [0.4, 0.5) is 0 Å². The number of carbonyl (C=O) groups excluding carboxylic acids is 2. The number of ether oxygens (including phenoxy) is 1. The third-order valence-corrected chi connectivity index (χ3v) is 4.82. The van der Waals surface area contributed by atoms with Crippen molar-refractivity contribution in [3.05, 3.63) is 34.3 Å². The number of carbonyl (C=O) groups is 2. The molecule has 1 aromatic carbocycles. The van der Waals surface area contributed by atoms with E-state index in [1.54, 1.807) is 11.0 Å². The molecule has 23 heavy (non-hydrogen) atoms. The fourth-order valence-corrected chi connectivity index (χ4v) is 3.30. The second kappa shape index (κ2) is 9.06. The highest BCUT2D eigenvalue weighted by molar-refractivity contribution is 9.10. The molecular weight excluding hydrogens is 358 g/mol. The van der Waals surface area contributed by atoms with Gasteiger partial charge in [-0.15, -0.1) is 0 Å². The van der Waals surface area contributed by atoms with Crippen molar-refractivity contribution in [1.82, 2.24) is 4.90 Å². The lowest BCUT2D eigenvalue weighted by molar-refractivity contribution is -0.148. The molecule has 1 amide bonds. The van der Waals surface area contributed by atoms with Gasteiger partial charge >= 0.3 is 5.97 Å². The minimum atomic E-state index is -0.444. The van der Waals surface area contributed by atoms with E-state index in [2.05, 4.69) is 22.9 Å². The molecule has 0 aromatic heterocycles. The molecule has 126 valence electrons. The molecule has 1 heterocycles. The van der Waals surface area contributed by atoms with Crippen molar-refractivity contribution in [3.8, 4) is 0 Å². The lowest BCUT2D eigenvalue weighted by Gasteiger charge is -2.23. The van der Waals surface area contributed by atoms with E-state index >= 15 is 0 Å². The molecule has 1 unspecified atom stereocenters. The van der Waals surface area contributed by atoms with Gasteiger partial charge in [-0.25, -0.2) is 4.79 Å². The highest BCUT2D eigenvalue weighted by atomic mass is 79.9. The van der Waals surface area contributed by atoms with Crippen LogP contribution in [0.15, 0.2) is 28.7 Å². The van der Waals surface area contributed by atoms with Gasteiger partial charge < -0.3 is 9.64 Å². The highest BCUT2D eigenvalue weighted by Crippen LogP contribution is 2.24. The zero-order chi connectivity index (χ0) is 16.7. The molecule has 0 spiro atoms. The summed E-state index contributed by atoms with van der Waals surface area (Å²) in [5.74, 6) is -0.373. The number of nitrogens with zero attached hydrogens (tertiary/aromatic N) is 1. The molecule has 2 rings (SSSR count). The summed E-state index contributed by atoms with van der Waals surface area (Å²) in [5.41, 5.74) is 0.593. The van der Waals surface area contributed by atoms with E-state index in [1.807, 2.05) is 18.2 Å². The number of halogens is 1. The summed E-state index contributed by atoms with van der Waals surface area (Å²) in [4.78, 5) is 26.6. The first-order valence-corrected chi connectivity index (χ1v) is 9.16. The van der Waals surface area contributed by atoms with Gasteiger partial charge in [0.15, 0.2) is 0 Å². The first-order chi connectivity index (χ1) is 11.1. The Balaban J connectivity index is 1.93. The van der Waals surface area contributed by atoms with Crippen molar-refractivity contribution in [2.75, 3.05) is 13.2 Å². The van der Waals surface area contributed by atoms with Crippen LogP contribution in [-0.2, 0) is 9.53 Å². The molecule has 1 atom stereocenters. The molecule has 0 aliphatic carbocycles. The minimum absolute atomic E-state index is 0.108. The Labute approximate surface area is 146 Å². The lowest BCUT2D eigenvalue weighted by Crippen LogP contribution is -2.41. The first-order valence-electron chi connectivity index (χ1n) is 8.37. The number of hydrogen-bond donors (Lipinski definition) is 0. The SMILES string of the molecule is CCCCCCOC(=O)C1CCCN1C(=O)c1ccccc1Br. The van der Waals surface area contributed by atoms with Gasteiger partial charge in [0.1, 0.15) is 6.04 Å². The Morgan fingerprint density at radius 1 is 1.26 bits per heavy atom. The van der Waals surface area contributed by atoms with Crippen LogP contribution < -0.4 is 0 Å². The normalized spacial score (nSPS) is 17.3. The summed E-state index contributed by atoms with van der Waals surface area (Å²) in [6.07, 6.45) is 5.81. The topological polar surface area (TPSA) is 46.6 Å². The number of rotatable bonds is 7. The van der Waals surface area contributed by atoms with Gasteiger partial charge in [0.2, 0.25) is 0 Å². The van der Waals surface area contributed by atoms with E-state index < -0.39 is 6.04 Å². The van der Waals surface area contributed by atoms with Gasteiger partial charge in [0.25, 0.3) is 5.91 Å². The average molecular weight is 382 g/mol. The molecule has 0 bridgehead atoms. The summed E-state index contributed by atoms with van der Waals surface area (Å²) >= 11 is 3.40. The molecule has 1 aromatic rings. The Morgan fingerprint density at radius 2 is 2.04 bits per heavy atom. The molecule has 5 heteroatoms. The maximum atomic E-state index is 12.7. The molecule has 1 aliphatic heterocycles. The Kier molecular flexibility index (Phi) is 7.09. The third-order valence-electron chi connectivity index (χ3n) is 4.13. The van der Waals surface area contributed by atoms with Crippen LogP contribution in [0.1, 0.15) is 55.8 Å². The van der Waals surface area contributed by atoms with E-state index in [0.717, 1.165) is 36.6 Å². The molecular formula is C18H24BrNO3. The highest BCUT2D eigenvalue weighted by Gasteiger charge is 2.36. The quantitative estimate of drug-likeness (QED) is 0.525. The molecule has 0 saturated carbocycles. The summed E-state index contributed by atoms with van der Waals surface area (Å²) in [6, 6.07) is 6.87. The van der Waals surface area contributed by atoms with Crippen LogP contribution >= 0.6 is 15.9 Å². The molecule has 1 saturated heterocycles. The fourth-order valence-electron chi connectivity index (χ4n) is 2.84. The number of benzene rings is 1. The zero-order valence-corrected chi connectivity index (χ0v) is 15.2. The Bertz CT molecular complexity index is 547. The molecule has 1 aliphatic rings. The van der Waals surface area contributed by atoms with Crippen LogP contribution in [0, 0.1) is 0 Å². The van der Waals surface area contributed by atoms with Gasteiger partial charge in [-0.1, -0.05) is 38.3 Å². The molecule has 0 N–H and O–H groups in total. The molecule has 1 fully saturated rings. The minimum Gasteiger partial charge on any atom is -0.464 e. The van der Waals surface area contributed by atoms with Crippen molar-refractivity contribution >= 4 is 27.8 Å². The fraction of sp³-hybridized carbons (Fsp3) is 0.556. The number of esters is 1. The van der Waals surface area contributed by atoms with Gasteiger partial charge in [0, 0.05) is 11.0 Å². The van der Waals surface area contributed by atoms with Crippen molar-refractivity contribution in [3.63, 3.8) is 0 Å². The van der Waals surface area contributed by atoms with Gasteiger partial charge in [-0.3, -0.25) is 4.79 Å². The molecule has 0 radical (unpaired) electrons. The summed E-state index contributed by atoms with van der Waals surface area (Å²) in [7, 11) is 0. The van der Waals surface area contributed by atoms with Crippen LogP contribution in [0.3, 0.4) is 0 Å². The van der Waals surface area contributed by atoms with E-state index in [9.17, 15) is 9.59 Å². The van der Waals surface area contributed by atoms with Crippen LogP contribution in [0.5, 0.6) is 0 Å². The largest absolute Gasteiger partial charge is 0.464 e. The maximum Gasteiger partial charge on any atom is 0.328 e. The van der Waals surface area contributed by atoms with Crippen molar-refractivity contribution in [2.24, 2.45) is 0 Å². The van der Waals surface area contributed by atoms with Crippen LogP contribution in [-0.4, -0.2) is 36.0 Å². The lowest BCUT2D eigenvalue weighted by atomic mass is 10.1. The third kappa shape index (κ3) is 4.80. The van der Waals surface area contributed by atoms with Gasteiger partial charge in [0.05, 0.1) is 12.2 Å². The predicted octanol–water partition coefficient (Wildman–Crippen LogP) is 4.18. The summed E-state index contributed by atoms with van der Waals surface area (Å²) < 4.78 is 6.13.